The van der Waals surface area contributed by atoms with E-state index in [0.717, 1.165) is 10.3 Å². The Morgan fingerprint density at radius 2 is 2.05 bits per heavy atom. The molecule has 2 aromatic rings. The molecular formula is C13H13N3O3. The van der Waals surface area contributed by atoms with Crippen molar-refractivity contribution >= 4 is 28.5 Å². The standard InChI is InChI=1S/C13H13N3O3/c1-16(7-11(17)18)13(19)10-6-5-8-3-2-4-9(14)12(8)15-10/h2-6H,7,14H2,1H3,(H,17,18). The summed E-state index contributed by atoms with van der Waals surface area (Å²) in [5.41, 5.74) is 6.99. The smallest absolute Gasteiger partial charge is 0.323 e. The lowest BCUT2D eigenvalue weighted by molar-refractivity contribution is -0.137. The number of nitrogens with two attached hydrogens (primary N) is 1. The molecule has 6 heteroatoms. The van der Waals surface area contributed by atoms with Gasteiger partial charge in [0.15, 0.2) is 0 Å². The minimum atomic E-state index is -1.07. The first-order valence-electron chi connectivity index (χ1n) is 5.61. The predicted octanol–water partition coefficient (Wildman–Crippen LogP) is 0.974. The fourth-order valence-corrected chi connectivity index (χ4v) is 1.76. The predicted molar refractivity (Wildman–Crippen MR) is 70.8 cm³/mol. The van der Waals surface area contributed by atoms with E-state index in [9.17, 15) is 9.59 Å². The molecule has 6 nitrogen and oxygen atoms in total. The first kappa shape index (κ1) is 12.8. The number of carboxylic acids is 1. The van der Waals surface area contributed by atoms with Gasteiger partial charge < -0.3 is 15.7 Å². The van der Waals surface area contributed by atoms with Gasteiger partial charge in [-0.1, -0.05) is 18.2 Å². The topological polar surface area (TPSA) is 96.5 Å². The zero-order valence-corrected chi connectivity index (χ0v) is 10.3. The Balaban J connectivity index is 2.38. The number of pyridine rings is 1. The molecule has 0 radical (unpaired) electrons. The summed E-state index contributed by atoms with van der Waals surface area (Å²) in [5, 5.41) is 9.49. The summed E-state index contributed by atoms with van der Waals surface area (Å²) in [5.74, 6) is -1.52. The zero-order chi connectivity index (χ0) is 14.0. The number of rotatable bonds is 3. The van der Waals surface area contributed by atoms with Gasteiger partial charge >= 0.3 is 5.97 Å². The number of nitrogens with zero attached hydrogens (tertiary/aromatic N) is 2. The van der Waals surface area contributed by atoms with Gasteiger partial charge in [-0.05, 0) is 12.1 Å². The van der Waals surface area contributed by atoms with Crippen LogP contribution in [0.4, 0.5) is 5.69 Å². The third-order valence-corrected chi connectivity index (χ3v) is 2.69. The highest BCUT2D eigenvalue weighted by Crippen LogP contribution is 2.19. The van der Waals surface area contributed by atoms with E-state index >= 15 is 0 Å². The Labute approximate surface area is 109 Å². The Kier molecular flexibility index (Phi) is 3.33. The second-order valence-corrected chi connectivity index (χ2v) is 4.17. The van der Waals surface area contributed by atoms with Gasteiger partial charge in [0, 0.05) is 12.4 Å². The average Bonchev–Trinajstić information content (AvgIpc) is 2.37. The number of carbonyl (C=O) groups excluding carboxylic acids is 1. The molecule has 98 valence electrons. The molecule has 1 aromatic heterocycles. The van der Waals surface area contributed by atoms with Gasteiger partial charge in [0.25, 0.3) is 5.91 Å². The van der Waals surface area contributed by atoms with E-state index < -0.39 is 11.9 Å². The molecule has 2 rings (SSSR count). The van der Waals surface area contributed by atoms with E-state index in [1.807, 2.05) is 6.07 Å². The van der Waals surface area contributed by atoms with Gasteiger partial charge in [0.05, 0.1) is 11.2 Å². The number of amides is 1. The van der Waals surface area contributed by atoms with Crippen molar-refractivity contribution in [3.63, 3.8) is 0 Å². The Morgan fingerprint density at radius 1 is 1.32 bits per heavy atom. The Bertz CT molecular complexity index is 655. The van der Waals surface area contributed by atoms with Crippen LogP contribution in [0, 0.1) is 0 Å². The number of carbonyl (C=O) groups is 2. The molecule has 0 saturated heterocycles. The highest BCUT2D eigenvalue weighted by atomic mass is 16.4. The van der Waals surface area contributed by atoms with Crippen molar-refractivity contribution in [1.29, 1.82) is 0 Å². The van der Waals surface area contributed by atoms with Crippen LogP contribution in [-0.4, -0.2) is 40.5 Å². The molecule has 3 N–H and O–H groups in total. The first-order valence-corrected chi connectivity index (χ1v) is 5.61. The van der Waals surface area contributed by atoms with Crippen molar-refractivity contribution in [3.05, 3.63) is 36.0 Å². The summed E-state index contributed by atoms with van der Waals surface area (Å²) in [6, 6.07) is 8.64. The normalized spacial score (nSPS) is 10.4. The molecule has 1 amide bonds. The lowest BCUT2D eigenvalue weighted by Crippen LogP contribution is -2.32. The summed E-state index contributed by atoms with van der Waals surface area (Å²) in [7, 11) is 1.41. The molecule has 0 aliphatic heterocycles. The summed E-state index contributed by atoms with van der Waals surface area (Å²) < 4.78 is 0. The maximum Gasteiger partial charge on any atom is 0.323 e. The van der Waals surface area contributed by atoms with Crippen LogP contribution in [0.3, 0.4) is 0 Å². The molecular weight excluding hydrogens is 246 g/mol. The molecule has 0 fully saturated rings. The number of fused-ring (bicyclic) bond motifs is 1. The van der Waals surface area contributed by atoms with Crippen molar-refractivity contribution in [3.8, 4) is 0 Å². The molecule has 0 atom stereocenters. The van der Waals surface area contributed by atoms with Crippen LogP contribution in [-0.2, 0) is 4.79 Å². The Morgan fingerprint density at radius 3 is 2.74 bits per heavy atom. The molecule has 0 spiro atoms. The van der Waals surface area contributed by atoms with Crippen molar-refractivity contribution < 1.29 is 14.7 Å². The molecule has 0 aliphatic rings. The third kappa shape index (κ3) is 2.62. The quantitative estimate of drug-likeness (QED) is 0.801. The highest BCUT2D eigenvalue weighted by molar-refractivity contribution is 5.98. The number of likely N-dealkylation sites (N-methyl/N-ethyl adjacent to an activating group) is 1. The lowest BCUT2D eigenvalue weighted by Gasteiger charge is -2.14. The summed E-state index contributed by atoms with van der Waals surface area (Å²) in [6.45, 7) is -0.372. The van der Waals surface area contributed by atoms with E-state index in [4.69, 9.17) is 10.8 Å². The molecule has 0 saturated carbocycles. The van der Waals surface area contributed by atoms with Gasteiger partial charge in [-0.3, -0.25) is 9.59 Å². The van der Waals surface area contributed by atoms with Crippen molar-refractivity contribution in [2.45, 2.75) is 0 Å². The lowest BCUT2D eigenvalue weighted by atomic mass is 10.1. The summed E-state index contributed by atoms with van der Waals surface area (Å²) in [6.07, 6.45) is 0. The van der Waals surface area contributed by atoms with E-state index in [-0.39, 0.29) is 12.2 Å². The second kappa shape index (κ2) is 4.93. The zero-order valence-electron chi connectivity index (χ0n) is 10.3. The number of hydrogen-bond donors (Lipinski definition) is 2. The van der Waals surface area contributed by atoms with Crippen LogP contribution in [0.25, 0.3) is 10.9 Å². The van der Waals surface area contributed by atoms with Gasteiger partial charge in [0.2, 0.25) is 0 Å². The van der Waals surface area contributed by atoms with Crippen LogP contribution in [0.5, 0.6) is 0 Å². The van der Waals surface area contributed by atoms with Gasteiger partial charge in [0.1, 0.15) is 12.2 Å². The monoisotopic (exact) mass is 259 g/mol. The van der Waals surface area contributed by atoms with Crippen molar-refractivity contribution in [2.75, 3.05) is 19.3 Å². The number of aliphatic carboxylic acids is 1. The van der Waals surface area contributed by atoms with Crippen molar-refractivity contribution in [1.82, 2.24) is 9.88 Å². The number of aromatic nitrogens is 1. The van der Waals surface area contributed by atoms with E-state index in [2.05, 4.69) is 4.98 Å². The largest absolute Gasteiger partial charge is 0.480 e. The van der Waals surface area contributed by atoms with Crippen LogP contribution < -0.4 is 5.73 Å². The summed E-state index contributed by atoms with van der Waals surface area (Å²) >= 11 is 0. The number of anilines is 1. The number of para-hydroxylation sites is 1. The molecule has 0 unspecified atom stereocenters. The van der Waals surface area contributed by atoms with Gasteiger partial charge in [-0.15, -0.1) is 0 Å². The fourth-order valence-electron chi connectivity index (χ4n) is 1.76. The van der Waals surface area contributed by atoms with Crippen LogP contribution in [0.1, 0.15) is 10.5 Å². The van der Waals surface area contributed by atoms with E-state index in [1.165, 1.54) is 7.05 Å². The fraction of sp³-hybridized carbons (Fsp3) is 0.154. The SMILES string of the molecule is CN(CC(=O)O)C(=O)c1ccc2cccc(N)c2n1. The number of nitrogen functional groups attached to an aromatic ring is 1. The van der Waals surface area contributed by atoms with Crippen molar-refractivity contribution in [2.24, 2.45) is 0 Å². The third-order valence-electron chi connectivity index (χ3n) is 2.69. The maximum atomic E-state index is 12.0. The minimum Gasteiger partial charge on any atom is -0.480 e. The average molecular weight is 259 g/mol. The van der Waals surface area contributed by atoms with Gasteiger partial charge in [-0.25, -0.2) is 4.98 Å². The molecule has 0 bridgehead atoms. The minimum absolute atomic E-state index is 0.175. The Hall–Kier alpha value is -2.63. The summed E-state index contributed by atoms with van der Waals surface area (Å²) in [4.78, 5) is 27.9. The van der Waals surface area contributed by atoms with E-state index in [1.54, 1.807) is 24.3 Å². The second-order valence-electron chi connectivity index (χ2n) is 4.17. The first-order chi connectivity index (χ1) is 8.99. The molecule has 19 heavy (non-hydrogen) atoms. The van der Waals surface area contributed by atoms with E-state index in [0.29, 0.717) is 11.2 Å². The van der Waals surface area contributed by atoms with Crippen LogP contribution in [0.15, 0.2) is 30.3 Å². The molecule has 1 aromatic carbocycles. The number of benzene rings is 1. The highest BCUT2D eigenvalue weighted by Gasteiger charge is 2.16. The molecule has 0 aliphatic carbocycles. The number of carboxylic acid groups (broad SMARTS) is 1. The number of hydrogen-bond acceptors (Lipinski definition) is 4. The van der Waals surface area contributed by atoms with Gasteiger partial charge in [-0.2, -0.15) is 0 Å². The van der Waals surface area contributed by atoms with Crippen LogP contribution in [0.2, 0.25) is 0 Å². The molecule has 1 heterocycles. The maximum absolute atomic E-state index is 12.0. The van der Waals surface area contributed by atoms with Crippen LogP contribution >= 0.6 is 0 Å².